The summed E-state index contributed by atoms with van der Waals surface area (Å²) in [6, 6.07) is 8.22. The van der Waals surface area contributed by atoms with Crippen molar-refractivity contribution in [3.63, 3.8) is 0 Å². The third-order valence-corrected chi connectivity index (χ3v) is 5.01. The Hall–Kier alpha value is -1.55. The number of hydrogen-bond donors (Lipinski definition) is 1. The van der Waals surface area contributed by atoms with Gasteiger partial charge in [-0.3, -0.25) is 4.79 Å². The molecule has 1 aliphatic carbocycles. The maximum absolute atomic E-state index is 12.6. The van der Waals surface area contributed by atoms with Crippen LogP contribution in [0.5, 0.6) is 0 Å². The maximum atomic E-state index is 12.6. The van der Waals surface area contributed by atoms with E-state index in [-0.39, 0.29) is 5.91 Å². The van der Waals surface area contributed by atoms with Crippen molar-refractivity contribution < 1.29 is 4.79 Å². The molecule has 1 saturated carbocycles. The number of anilines is 1. The lowest BCUT2D eigenvalue weighted by atomic mass is 9.79. The zero-order chi connectivity index (χ0) is 15.0. The fraction of sp³-hybridized carbons (Fsp3) is 0.588. The van der Waals surface area contributed by atoms with E-state index in [0.717, 1.165) is 37.2 Å². The summed E-state index contributed by atoms with van der Waals surface area (Å²) in [6.07, 6.45) is 3.37. The van der Waals surface area contributed by atoms with Gasteiger partial charge in [0.25, 0.3) is 5.91 Å². The number of benzene rings is 1. The van der Waals surface area contributed by atoms with Gasteiger partial charge in [-0.25, -0.2) is 0 Å². The van der Waals surface area contributed by atoms with Crippen LogP contribution in [0.2, 0.25) is 0 Å². The first-order valence-corrected chi connectivity index (χ1v) is 7.87. The van der Waals surface area contributed by atoms with Gasteiger partial charge in [-0.2, -0.15) is 0 Å². The Bertz CT molecular complexity index is 511. The van der Waals surface area contributed by atoms with Crippen LogP contribution in [0.1, 0.15) is 29.6 Å². The second kappa shape index (κ2) is 5.68. The molecule has 2 N–H and O–H groups in total. The highest BCUT2D eigenvalue weighted by Crippen LogP contribution is 2.36. The standard InChI is InChI=1S/C17H25N3O/c1-19(2)16-7-4-12(5-8-16)17(21)20-10-13-3-6-15(18)9-14(13)11-20/h4-5,7-8,13-15H,3,6,9-11,18H2,1-2H3/t13-,14+,15?/m1/s1. The van der Waals surface area contributed by atoms with E-state index < -0.39 is 0 Å². The van der Waals surface area contributed by atoms with Crippen molar-refractivity contribution in [1.29, 1.82) is 0 Å². The summed E-state index contributed by atoms with van der Waals surface area (Å²) in [6.45, 7) is 1.79. The van der Waals surface area contributed by atoms with Gasteiger partial charge in [-0.05, 0) is 55.4 Å². The highest BCUT2D eigenvalue weighted by molar-refractivity contribution is 5.94. The molecule has 0 radical (unpaired) electrons. The minimum atomic E-state index is 0.170. The summed E-state index contributed by atoms with van der Waals surface area (Å²) in [5.41, 5.74) is 7.97. The molecule has 1 aromatic rings. The van der Waals surface area contributed by atoms with Crippen molar-refractivity contribution in [3.8, 4) is 0 Å². The molecule has 114 valence electrons. The monoisotopic (exact) mass is 287 g/mol. The molecule has 2 aliphatic rings. The molecule has 1 saturated heterocycles. The molecule has 1 aliphatic heterocycles. The van der Waals surface area contributed by atoms with Gasteiger partial charge in [0, 0.05) is 44.5 Å². The van der Waals surface area contributed by atoms with Gasteiger partial charge in [-0.1, -0.05) is 0 Å². The average molecular weight is 287 g/mol. The molecule has 4 nitrogen and oxygen atoms in total. The molecule has 2 fully saturated rings. The van der Waals surface area contributed by atoms with Gasteiger partial charge in [0.05, 0.1) is 0 Å². The second-order valence-corrected chi connectivity index (χ2v) is 6.74. The highest BCUT2D eigenvalue weighted by atomic mass is 16.2. The number of nitrogens with zero attached hydrogens (tertiary/aromatic N) is 2. The first kappa shape index (κ1) is 14.4. The number of fused-ring (bicyclic) bond motifs is 1. The van der Waals surface area contributed by atoms with Crippen molar-refractivity contribution in [1.82, 2.24) is 4.90 Å². The van der Waals surface area contributed by atoms with Crippen molar-refractivity contribution in [2.24, 2.45) is 17.6 Å². The number of amides is 1. The second-order valence-electron chi connectivity index (χ2n) is 6.74. The Morgan fingerprint density at radius 1 is 1.14 bits per heavy atom. The summed E-state index contributed by atoms with van der Waals surface area (Å²) in [4.78, 5) is 16.7. The molecule has 3 rings (SSSR count). The largest absolute Gasteiger partial charge is 0.378 e. The number of hydrogen-bond acceptors (Lipinski definition) is 3. The van der Waals surface area contributed by atoms with E-state index in [1.165, 1.54) is 6.42 Å². The molecule has 1 heterocycles. The van der Waals surface area contributed by atoms with E-state index >= 15 is 0 Å². The fourth-order valence-corrected chi connectivity index (χ4v) is 3.72. The van der Waals surface area contributed by atoms with Crippen molar-refractivity contribution in [2.45, 2.75) is 25.3 Å². The maximum Gasteiger partial charge on any atom is 0.253 e. The molecule has 3 atom stereocenters. The van der Waals surface area contributed by atoms with Crippen LogP contribution in [0.4, 0.5) is 5.69 Å². The lowest BCUT2D eigenvalue weighted by molar-refractivity contribution is 0.0784. The van der Waals surface area contributed by atoms with Crippen LogP contribution in [0.25, 0.3) is 0 Å². The summed E-state index contributed by atoms with van der Waals surface area (Å²) in [5, 5.41) is 0. The minimum Gasteiger partial charge on any atom is -0.378 e. The van der Waals surface area contributed by atoms with Crippen LogP contribution in [0, 0.1) is 11.8 Å². The van der Waals surface area contributed by atoms with Gasteiger partial charge in [0.2, 0.25) is 0 Å². The average Bonchev–Trinajstić information content (AvgIpc) is 2.89. The molecule has 4 heteroatoms. The zero-order valence-corrected chi connectivity index (χ0v) is 13.0. The molecule has 1 unspecified atom stereocenters. The van der Waals surface area contributed by atoms with E-state index in [0.29, 0.717) is 17.9 Å². The van der Waals surface area contributed by atoms with Gasteiger partial charge >= 0.3 is 0 Å². The quantitative estimate of drug-likeness (QED) is 0.904. The Labute approximate surface area is 126 Å². The van der Waals surface area contributed by atoms with Crippen molar-refractivity contribution >= 4 is 11.6 Å². The Morgan fingerprint density at radius 3 is 2.48 bits per heavy atom. The van der Waals surface area contributed by atoms with Crippen LogP contribution >= 0.6 is 0 Å². The van der Waals surface area contributed by atoms with E-state index in [9.17, 15) is 4.79 Å². The zero-order valence-electron chi connectivity index (χ0n) is 13.0. The molecular formula is C17H25N3O. The predicted molar refractivity (Wildman–Crippen MR) is 85.5 cm³/mol. The minimum absolute atomic E-state index is 0.170. The van der Waals surface area contributed by atoms with Gasteiger partial charge < -0.3 is 15.5 Å². The smallest absolute Gasteiger partial charge is 0.253 e. The first-order valence-electron chi connectivity index (χ1n) is 7.87. The molecule has 0 aromatic heterocycles. The predicted octanol–water partition coefficient (Wildman–Crippen LogP) is 1.95. The van der Waals surface area contributed by atoms with Crippen LogP contribution in [0.15, 0.2) is 24.3 Å². The summed E-state index contributed by atoms with van der Waals surface area (Å²) >= 11 is 0. The lowest BCUT2D eigenvalue weighted by Gasteiger charge is -2.27. The normalized spacial score (nSPS) is 28.3. The first-order chi connectivity index (χ1) is 10.0. The summed E-state index contributed by atoms with van der Waals surface area (Å²) in [5.74, 6) is 1.44. The molecule has 21 heavy (non-hydrogen) atoms. The van der Waals surface area contributed by atoms with Crippen LogP contribution in [-0.4, -0.2) is 44.0 Å². The number of nitrogens with two attached hydrogens (primary N) is 1. The topological polar surface area (TPSA) is 49.6 Å². The van der Waals surface area contributed by atoms with Crippen molar-refractivity contribution in [2.75, 3.05) is 32.1 Å². The third-order valence-electron chi connectivity index (χ3n) is 5.01. The Morgan fingerprint density at radius 2 is 1.81 bits per heavy atom. The van der Waals surface area contributed by atoms with E-state index in [1.807, 2.05) is 48.2 Å². The summed E-state index contributed by atoms with van der Waals surface area (Å²) < 4.78 is 0. The number of carbonyl (C=O) groups is 1. The summed E-state index contributed by atoms with van der Waals surface area (Å²) in [7, 11) is 4.01. The van der Waals surface area contributed by atoms with Gasteiger partial charge in [0.1, 0.15) is 0 Å². The molecular weight excluding hydrogens is 262 g/mol. The molecule has 1 amide bonds. The van der Waals surface area contributed by atoms with Gasteiger partial charge in [0.15, 0.2) is 0 Å². The van der Waals surface area contributed by atoms with E-state index in [4.69, 9.17) is 5.73 Å². The van der Waals surface area contributed by atoms with E-state index in [1.54, 1.807) is 0 Å². The molecule has 0 bridgehead atoms. The number of rotatable bonds is 2. The lowest BCUT2D eigenvalue weighted by Crippen LogP contribution is -2.32. The fourth-order valence-electron chi connectivity index (χ4n) is 3.72. The highest BCUT2D eigenvalue weighted by Gasteiger charge is 2.38. The number of likely N-dealkylation sites (tertiary alicyclic amines) is 1. The van der Waals surface area contributed by atoms with Crippen LogP contribution in [-0.2, 0) is 0 Å². The molecule has 1 aromatic carbocycles. The Balaban J connectivity index is 1.68. The van der Waals surface area contributed by atoms with Crippen LogP contribution < -0.4 is 10.6 Å². The van der Waals surface area contributed by atoms with Gasteiger partial charge in [-0.15, -0.1) is 0 Å². The number of carbonyl (C=O) groups excluding carboxylic acids is 1. The van der Waals surface area contributed by atoms with Crippen LogP contribution in [0.3, 0.4) is 0 Å². The SMILES string of the molecule is CN(C)c1ccc(C(=O)N2C[C@H]3CCC(N)C[C@H]3C2)cc1. The Kier molecular flexibility index (Phi) is 3.89. The van der Waals surface area contributed by atoms with Crippen molar-refractivity contribution in [3.05, 3.63) is 29.8 Å². The molecule has 0 spiro atoms. The third kappa shape index (κ3) is 2.91. The van der Waals surface area contributed by atoms with E-state index in [2.05, 4.69) is 0 Å².